The van der Waals surface area contributed by atoms with E-state index in [1.165, 1.54) is 0 Å². The van der Waals surface area contributed by atoms with Crippen LogP contribution in [0.4, 0.5) is 0 Å². The van der Waals surface area contributed by atoms with Gasteiger partial charge >= 0.3 is 0 Å². The average molecular weight is 191 g/mol. The first-order valence-corrected chi connectivity index (χ1v) is 4.38. The molecule has 0 bridgehead atoms. The Morgan fingerprint density at radius 1 is 1.50 bits per heavy atom. The smallest absolute Gasteiger partial charge is 0.150 e. The first-order chi connectivity index (χ1) is 6.79. The Morgan fingerprint density at radius 2 is 2.29 bits per heavy atom. The van der Waals surface area contributed by atoms with Gasteiger partial charge in [-0.1, -0.05) is 24.3 Å². The first-order valence-electron chi connectivity index (χ1n) is 4.38. The molecule has 0 atom stereocenters. The SMILES string of the molecule is CNCC=Cc1c(O)cccc1C=O. The number of hydrogen-bond acceptors (Lipinski definition) is 3. The summed E-state index contributed by atoms with van der Waals surface area (Å²) in [5, 5.41) is 12.4. The van der Waals surface area contributed by atoms with Gasteiger partial charge in [0.15, 0.2) is 6.29 Å². The third-order valence-corrected chi connectivity index (χ3v) is 1.85. The lowest BCUT2D eigenvalue weighted by Gasteiger charge is -2.01. The first kappa shape index (κ1) is 10.5. The van der Waals surface area contributed by atoms with E-state index in [4.69, 9.17) is 0 Å². The minimum Gasteiger partial charge on any atom is -0.507 e. The number of benzene rings is 1. The summed E-state index contributed by atoms with van der Waals surface area (Å²) >= 11 is 0. The molecule has 0 saturated heterocycles. The van der Waals surface area contributed by atoms with E-state index in [9.17, 15) is 9.90 Å². The third-order valence-electron chi connectivity index (χ3n) is 1.85. The quantitative estimate of drug-likeness (QED) is 0.708. The number of aldehydes is 1. The summed E-state index contributed by atoms with van der Waals surface area (Å²) in [6.45, 7) is 0.701. The van der Waals surface area contributed by atoms with Gasteiger partial charge in [-0.15, -0.1) is 0 Å². The second-order valence-corrected chi connectivity index (χ2v) is 2.86. The highest BCUT2D eigenvalue weighted by molar-refractivity contribution is 5.83. The fraction of sp³-hybridized carbons (Fsp3) is 0.182. The molecule has 0 aromatic heterocycles. The molecule has 3 heteroatoms. The summed E-state index contributed by atoms with van der Waals surface area (Å²) in [4.78, 5) is 10.7. The van der Waals surface area contributed by atoms with Gasteiger partial charge in [0.2, 0.25) is 0 Å². The number of hydrogen-bond donors (Lipinski definition) is 2. The Labute approximate surface area is 83.1 Å². The molecule has 0 saturated carbocycles. The van der Waals surface area contributed by atoms with Crippen molar-refractivity contribution in [2.75, 3.05) is 13.6 Å². The number of aromatic hydroxyl groups is 1. The zero-order valence-electron chi connectivity index (χ0n) is 8.03. The minimum absolute atomic E-state index is 0.127. The molecular weight excluding hydrogens is 178 g/mol. The molecule has 14 heavy (non-hydrogen) atoms. The highest BCUT2D eigenvalue weighted by Crippen LogP contribution is 2.21. The van der Waals surface area contributed by atoms with Crippen molar-refractivity contribution in [1.29, 1.82) is 0 Å². The fourth-order valence-electron chi connectivity index (χ4n) is 1.15. The van der Waals surface area contributed by atoms with Crippen LogP contribution in [0.1, 0.15) is 15.9 Å². The molecule has 0 spiro atoms. The van der Waals surface area contributed by atoms with Crippen molar-refractivity contribution in [3.05, 3.63) is 35.4 Å². The Hall–Kier alpha value is -1.61. The van der Waals surface area contributed by atoms with Crippen molar-refractivity contribution < 1.29 is 9.90 Å². The van der Waals surface area contributed by atoms with Gasteiger partial charge in [-0.2, -0.15) is 0 Å². The summed E-state index contributed by atoms with van der Waals surface area (Å²) in [6.07, 6.45) is 4.32. The maximum Gasteiger partial charge on any atom is 0.150 e. The predicted octanol–water partition coefficient (Wildman–Crippen LogP) is 1.44. The molecule has 1 aromatic carbocycles. The second-order valence-electron chi connectivity index (χ2n) is 2.86. The fourth-order valence-corrected chi connectivity index (χ4v) is 1.15. The summed E-state index contributed by atoms with van der Waals surface area (Å²) in [7, 11) is 1.83. The number of rotatable bonds is 4. The largest absolute Gasteiger partial charge is 0.507 e. The molecule has 0 aliphatic rings. The maximum atomic E-state index is 10.7. The van der Waals surface area contributed by atoms with Gasteiger partial charge < -0.3 is 10.4 Å². The van der Waals surface area contributed by atoms with Gasteiger partial charge in [-0.05, 0) is 13.1 Å². The van der Waals surface area contributed by atoms with Crippen molar-refractivity contribution in [3.8, 4) is 5.75 Å². The van der Waals surface area contributed by atoms with Gasteiger partial charge in [0.1, 0.15) is 5.75 Å². The van der Waals surface area contributed by atoms with Crippen molar-refractivity contribution in [2.45, 2.75) is 0 Å². The Morgan fingerprint density at radius 3 is 2.93 bits per heavy atom. The molecule has 0 radical (unpaired) electrons. The van der Waals surface area contributed by atoms with Crippen LogP contribution in [0.5, 0.6) is 5.75 Å². The van der Waals surface area contributed by atoms with E-state index < -0.39 is 0 Å². The number of nitrogens with one attached hydrogen (secondary N) is 1. The zero-order chi connectivity index (χ0) is 10.4. The van der Waals surface area contributed by atoms with Crippen LogP contribution in [0.2, 0.25) is 0 Å². The highest BCUT2D eigenvalue weighted by atomic mass is 16.3. The summed E-state index contributed by atoms with van der Waals surface area (Å²) in [5.74, 6) is 0.127. The van der Waals surface area contributed by atoms with E-state index in [0.29, 0.717) is 17.7 Å². The van der Waals surface area contributed by atoms with Gasteiger partial charge in [-0.3, -0.25) is 4.79 Å². The normalized spacial score (nSPS) is 10.6. The maximum absolute atomic E-state index is 10.7. The van der Waals surface area contributed by atoms with Crippen LogP contribution in [0.15, 0.2) is 24.3 Å². The molecule has 0 fully saturated rings. The molecule has 0 unspecified atom stereocenters. The molecule has 3 nitrogen and oxygen atoms in total. The van der Waals surface area contributed by atoms with E-state index in [0.717, 1.165) is 6.29 Å². The van der Waals surface area contributed by atoms with Crippen molar-refractivity contribution >= 4 is 12.4 Å². The number of likely N-dealkylation sites (N-methyl/N-ethyl adjacent to an activating group) is 1. The number of carbonyl (C=O) groups excluding carboxylic acids is 1. The lowest BCUT2D eigenvalue weighted by atomic mass is 10.1. The Bertz CT molecular complexity index is 345. The van der Waals surface area contributed by atoms with Crippen LogP contribution >= 0.6 is 0 Å². The molecule has 2 N–H and O–H groups in total. The zero-order valence-corrected chi connectivity index (χ0v) is 8.03. The van der Waals surface area contributed by atoms with Crippen LogP contribution < -0.4 is 5.32 Å². The number of phenols is 1. The minimum atomic E-state index is 0.127. The molecule has 0 amide bonds. The van der Waals surface area contributed by atoms with E-state index in [1.807, 2.05) is 13.1 Å². The summed E-state index contributed by atoms with van der Waals surface area (Å²) < 4.78 is 0. The Kier molecular flexibility index (Phi) is 3.88. The third kappa shape index (κ3) is 2.44. The molecule has 1 aromatic rings. The highest BCUT2D eigenvalue weighted by Gasteiger charge is 2.02. The second kappa shape index (κ2) is 5.19. The standard InChI is InChI=1S/C11H13NO2/c1-12-7-3-5-10-9(8-13)4-2-6-11(10)14/h2-6,8,12,14H,7H2,1H3. The van der Waals surface area contributed by atoms with Crippen molar-refractivity contribution in [2.24, 2.45) is 0 Å². The van der Waals surface area contributed by atoms with Crippen molar-refractivity contribution in [3.63, 3.8) is 0 Å². The average Bonchev–Trinajstić information content (AvgIpc) is 2.20. The molecule has 0 heterocycles. The predicted molar refractivity (Wildman–Crippen MR) is 56.5 cm³/mol. The monoisotopic (exact) mass is 191 g/mol. The van der Waals surface area contributed by atoms with Crippen LogP contribution in [-0.4, -0.2) is 25.0 Å². The van der Waals surface area contributed by atoms with E-state index >= 15 is 0 Å². The Balaban J connectivity index is 2.98. The number of phenolic OH excluding ortho intramolecular Hbond substituents is 1. The summed E-state index contributed by atoms with van der Waals surface area (Å²) in [6, 6.07) is 4.88. The van der Waals surface area contributed by atoms with Gasteiger partial charge in [-0.25, -0.2) is 0 Å². The van der Waals surface area contributed by atoms with Crippen LogP contribution in [0, 0.1) is 0 Å². The van der Waals surface area contributed by atoms with Crippen molar-refractivity contribution in [1.82, 2.24) is 5.32 Å². The number of carbonyl (C=O) groups is 1. The molecular formula is C11H13NO2. The van der Waals surface area contributed by atoms with E-state index in [2.05, 4.69) is 5.32 Å². The van der Waals surface area contributed by atoms with E-state index in [1.54, 1.807) is 24.3 Å². The van der Waals surface area contributed by atoms with Gasteiger partial charge in [0.25, 0.3) is 0 Å². The van der Waals surface area contributed by atoms with Gasteiger partial charge in [0.05, 0.1) is 0 Å². The van der Waals surface area contributed by atoms with Crippen LogP contribution in [-0.2, 0) is 0 Å². The lowest BCUT2D eigenvalue weighted by molar-refractivity contribution is 0.112. The molecule has 0 aliphatic heterocycles. The molecule has 1 rings (SSSR count). The van der Waals surface area contributed by atoms with Gasteiger partial charge in [0, 0.05) is 17.7 Å². The molecule has 0 aliphatic carbocycles. The van der Waals surface area contributed by atoms with Crippen LogP contribution in [0.3, 0.4) is 0 Å². The lowest BCUT2D eigenvalue weighted by Crippen LogP contribution is -2.03. The molecule has 74 valence electrons. The van der Waals surface area contributed by atoms with Crippen LogP contribution in [0.25, 0.3) is 6.08 Å². The van der Waals surface area contributed by atoms with E-state index in [-0.39, 0.29) is 5.75 Å². The summed E-state index contributed by atoms with van der Waals surface area (Å²) in [5.41, 5.74) is 1.06. The topological polar surface area (TPSA) is 49.3 Å².